The first-order valence-corrected chi connectivity index (χ1v) is 7.38. The maximum atomic E-state index is 13.6. The van der Waals surface area contributed by atoms with Gasteiger partial charge in [0.25, 0.3) is 0 Å². The van der Waals surface area contributed by atoms with Crippen molar-refractivity contribution in [3.63, 3.8) is 0 Å². The van der Waals surface area contributed by atoms with E-state index in [0.717, 1.165) is 23.8 Å². The molecule has 6 heteroatoms. The van der Waals surface area contributed by atoms with Gasteiger partial charge in [0.2, 0.25) is 0 Å². The summed E-state index contributed by atoms with van der Waals surface area (Å²) in [5.41, 5.74) is 6.12. The molecule has 0 aliphatic carbocycles. The van der Waals surface area contributed by atoms with Crippen molar-refractivity contribution in [2.75, 3.05) is 0 Å². The summed E-state index contributed by atoms with van der Waals surface area (Å²) in [7, 11) is -3.98. The number of nitrogens with two attached hydrogens (primary N) is 1. The number of sulfone groups is 1. The Balaban J connectivity index is 2.48. The fraction of sp³-hybridized carbons (Fsp3) is 0.143. The number of hydrogen-bond acceptors (Lipinski definition) is 3. The maximum absolute atomic E-state index is 13.6. The van der Waals surface area contributed by atoms with Gasteiger partial charge in [0.1, 0.15) is 17.0 Å². The molecular formula is C14H13F2NO2S. The average Bonchev–Trinajstić information content (AvgIpc) is 2.41. The molecule has 0 heterocycles. The van der Waals surface area contributed by atoms with Gasteiger partial charge in [0.05, 0.1) is 4.90 Å². The van der Waals surface area contributed by atoms with Crippen molar-refractivity contribution >= 4 is 9.84 Å². The highest BCUT2D eigenvalue weighted by Gasteiger charge is 2.28. The molecule has 0 amide bonds. The molecule has 0 aliphatic rings. The summed E-state index contributed by atoms with van der Waals surface area (Å²) in [5.74, 6) is -1.59. The molecule has 1 atom stereocenters. The summed E-state index contributed by atoms with van der Waals surface area (Å²) >= 11 is 0. The Morgan fingerprint density at radius 1 is 1.05 bits per heavy atom. The van der Waals surface area contributed by atoms with E-state index in [4.69, 9.17) is 5.73 Å². The van der Waals surface area contributed by atoms with Gasteiger partial charge in [-0.2, -0.15) is 0 Å². The van der Waals surface area contributed by atoms with Crippen molar-refractivity contribution in [1.29, 1.82) is 0 Å². The highest BCUT2D eigenvalue weighted by atomic mass is 32.2. The molecule has 0 spiro atoms. The predicted molar refractivity (Wildman–Crippen MR) is 71.7 cm³/mol. The van der Waals surface area contributed by atoms with Crippen LogP contribution in [0.5, 0.6) is 0 Å². The lowest BCUT2D eigenvalue weighted by Crippen LogP contribution is -2.23. The molecular weight excluding hydrogens is 284 g/mol. The average molecular weight is 297 g/mol. The molecule has 0 fully saturated rings. The van der Waals surface area contributed by atoms with Crippen LogP contribution in [0.1, 0.15) is 16.5 Å². The molecule has 0 radical (unpaired) electrons. The van der Waals surface area contributed by atoms with Gasteiger partial charge >= 0.3 is 0 Å². The minimum atomic E-state index is -3.98. The molecule has 2 aromatic carbocycles. The first-order chi connectivity index (χ1) is 9.32. The Morgan fingerprint density at radius 2 is 1.65 bits per heavy atom. The third-order valence-corrected chi connectivity index (χ3v) is 4.80. The second kappa shape index (κ2) is 5.30. The largest absolute Gasteiger partial charge is 0.311 e. The molecule has 2 N–H and O–H groups in total. The van der Waals surface area contributed by atoms with E-state index in [1.807, 2.05) is 6.92 Å². The van der Waals surface area contributed by atoms with Crippen LogP contribution in [0, 0.1) is 18.6 Å². The summed E-state index contributed by atoms with van der Waals surface area (Å²) in [6.45, 7) is 1.81. The van der Waals surface area contributed by atoms with Gasteiger partial charge in [-0.1, -0.05) is 17.7 Å². The topological polar surface area (TPSA) is 60.2 Å². The molecule has 1 unspecified atom stereocenters. The minimum absolute atomic E-state index is 0.0285. The number of halogens is 2. The summed E-state index contributed by atoms with van der Waals surface area (Å²) in [6.07, 6.45) is 0. The molecule has 0 aromatic heterocycles. The van der Waals surface area contributed by atoms with Crippen LogP contribution in [-0.2, 0) is 9.84 Å². The van der Waals surface area contributed by atoms with Crippen molar-refractivity contribution in [2.45, 2.75) is 17.2 Å². The zero-order valence-electron chi connectivity index (χ0n) is 10.7. The second-order valence-electron chi connectivity index (χ2n) is 4.44. The number of benzene rings is 2. The van der Waals surface area contributed by atoms with Gasteiger partial charge in [-0.3, -0.25) is 0 Å². The fourth-order valence-corrected chi connectivity index (χ4v) is 3.10. The molecule has 3 nitrogen and oxygen atoms in total. The van der Waals surface area contributed by atoms with Crippen molar-refractivity contribution in [1.82, 2.24) is 0 Å². The van der Waals surface area contributed by atoms with Crippen LogP contribution < -0.4 is 5.73 Å². The first kappa shape index (κ1) is 14.6. The molecule has 0 saturated heterocycles. The molecule has 2 rings (SSSR count). The van der Waals surface area contributed by atoms with Crippen LogP contribution in [0.25, 0.3) is 0 Å². The third kappa shape index (κ3) is 2.71. The summed E-state index contributed by atoms with van der Waals surface area (Å²) in [4.78, 5) is -0.0285. The first-order valence-electron chi connectivity index (χ1n) is 5.83. The lowest BCUT2D eigenvalue weighted by molar-refractivity contribution is 0.562. The normalized spacial score (nSPS) is 13.2. The molecule has 0 aliphatic heterocycles. The lowest BCUT2D eigenvalue weighted by Gasteiger charge is -2.14. The Labute approximate surface area is 116 Å². The number of rotatable bonds is 3. The van der Waals surface area contributed by atoms with E-state index in [-0.39, 0.29) is 10.5 Å². The molecule has 106 valence electrons. The van der Waals surface area contributed by atoms with Crippen LogP contribution in [0.3, 0.4) is 0 Å². The zero-order valence-corrected chi connectivity index (χ0v) is 11.5. The smallest absolute Gasteiger partial charge is 0.198 e. The van der Waals surface area contributed by atoms with Gasteiger partial charge < -0.3 is 5.73 Å². The summed E-state index contributed by atoms with van der Waals surface area (Å²) in [5, 5.41) is -1.65. The molecule has 20 heavy (non-hydrogen) atoms. The molecule has 2 aromatic rings. The van der Waals surface area contributed by atoms with Crippen LogP contribution in [0.2, 0.25) is 0 Å². The van der Waals surface area contributed by atoms with E-state index in [2.05, 4.69) is 0 Å². The van der Waals surface area contributed by atoms with E-state index in [1.165, 1.54) is 12.1 Å². The molecule has 0 saturated carbocycles. The van der Waals surface area contributed by atoms with Gasteiger partial charge in [0, 0.05) is 5.56 Å². The monoisotopic (exact) mass is 297 g/mol. The van der Waals surface area contributed by atoms with Gasteiger partial charge in [0.15, 0.2) is 9.84 Å². The quantitative estimate of drug-likeness (QED) is 0.947. The van der Waals surface area contributed by atoms with Gasteiger partial charge in [-0.15, -0.1) is 0 Å². The van der Waals surface area contributed by atoms with Crippen molar-refractivity contribution in [2.24, 2.45) is 5.73 Å². The van der Waals surface area contributed by atoms with Crippen molar-refractivity contribution in [3.8, 4) is 0 Å². The highest BCUT2D eigenvalue weighted by Crippen LogP contribution is 2.27. The highest BCUT2D eigenvalue weighted by molar-refractivity contribution is 7.91. The minimum Gasteiger partial charge on any atom is -0.311 e. The Bertz CT molecular complexity index is 727. The van der Waals surface area contributed by atoms with E-state index >= 15 is 0 Å². The number of aryl methyl sites for hydroxylation is 1. The zero-order chi connectivity index (χ0) is 14.9. The van der Waals surface area contributed by atoms with E-state index in [1.54, 1.807) is 12.1 Å². The molecule has 0 bridgehead atoms. The lowest BCUT2D eigenvalue weighted by atomic mass is 10.2. The summed E-state index contributed by atoms with van der Waals surface area (Å²) in [6, 6.07) is 8.57. The van der Waals surface area contributed by atoms with Gasteiger partial charge in [-0.05, 0) is 37.3 Å². The Morgan fingerprint density at radius 3 is 2.25 bits per heavy atom. The second-order valence-corrected chi connectivity index (χ2v) is 6.51. The predicted octanol–water partition coefficient (Wildman–Crippen LogP) is 2.70. The third-order valence-electron chi connectivity index (χ3n) is 2.95. The van der Waals surface area contributed by atoms with Crippen LogP contribution in [-0.4, -0.2) is 8.42 Å². The maximum Gasteiger partial charge on any atom is 0.198 e. The number of hydrogen-bond donors (Lipinski definition) is 1. The van der Waals surface area contributed by atoms with Crippen LogP contribution in [0.4, 0.5) is 8.78 Å². The van der Waals surface area contributed by atoms with E-state index in [0.29, 0.717) is 0 Å². The standard InChI is InChI=1S/C14H13F2NO2S/c1-9-2-5-11(6-3-9)20(18,19)14(17)12-8-10(15)4-7-13(12)16/h2-8,14H,17H2,1H3. The van der Waals surface area contributed by atoms with Crippen LogP contribution >= 0.6 is 0 Å². The summed E-state index contributed by atoms with van der Waals surface area (Å²) < 4.78 is 51.3. The van der Waals surface area contributed by atoms with Crippen molar-refractivity contribution in [3.05, 3.63) is 65.2 Å². The van der Waals surface area contributed by atoms with Gasteiger partial charge in [-0.25, -0.2) is 17.2 Å². The van der Waals surface area contributed by atoms with Crippen molar-refractivity contribution < 1.29 is 17.2 Å². The van der Waals surface area contributed by atoms with E-state index < -0.39 is 26.8 Å². The fourth-order valence-electron chi connectivity index (χ4n) is 1.77. The van der Waals surface area contributed by atoms with Crippen LogP contribution in [0.15, 0.2) is 47.4 Å². The Hall–Kier alpha value is -1.79. The SMILES string of the molecule is Cc1ccc(S(=O)(=O)C(N)c2cc(F)ccc2F)cc1. The van der Waals surface area contributed by atoms with E-state index in [9.17, 15) is 17.2 Å². The Kier molecular flexibility index (Phi) is 3.87.